The van der Waals surface area contributed by atoms with E-state index in [1.54, 1.807) is 24.4 Å². The molecule has 0 amide bonds. The van der Waals surface area contributed by atoms with Crippen LogP contribution < -0.4 is 5.32 Å². The molecule has 0 bridgehead atoms. The van der Waals surface area contributed by atoms with E-state index in [2.05, 4.69) is 27.8 Å². The molecule has 1 unspecified atom stereocenters. The van der Waals surface area contributed by atoms with Crippen molar-refractivity contribution in [3.05, 3.63) is 70.3 Å². The van der Waals surface area contributed by atoms with E-state index < -0.39 is 15.3 Å². The van der Waals surface area contributed by atoms with Gasteiger partial charge >= 0.3 is 0 Å². The number of sulfone groups is 1. The fraction of sp³-hybridized carbons (Fsp3) is 0.222. The number of hydrogen-bond acceptors (Lipinski definition) is 4. The Hall–Kier alpha value is -1.02. The number of halogens is 3. The molecule has 0 radical (unpaired) electrons. The summed E-state index contributed by atoms with van der Waals surface area (Å²) in [7, 11) is -3.72. The first-order valence-corrected chi connectivity index (χ1v) is 11.4. The predicted molar refractivity (Wildman–Crippen MR) is 110 cm³/mol. The van der Waals surface area contributed by atoms with Gasteiger partial charge in [0.15, 0.2) is 0 Å². The second kappa shape index (κ2) is 9.78. The molecular formula is C18H18BrClFNO2S2. The van der Waals surface area contributed by atoms with Gasteiger partial charge in [-0.2, -0.15) is 0 Å². The first kappa shape index (κ1) is 21.3. The minimum absolute atomic E-state index is 0.0171. The Morgan fingerprint density at radius 3 is 2.58 bits per heavy atom. The van der Waals surface area contributed by atoms with Gasteiger partial charge < -0.3 is 5.32 Å². The summed E-state index contributed by atoms with van der Waals surface area (Å²) < 4.78 is 40.2. The molecule has 140 valence electrons. The Labute approximate surface area is 171 Å². The molecule has 2 aromatic carbocycles. The molecule has 0 spiro atoms. The molecule has 2 rings (SSSR count). The fourth-order valence-corrected chi connectivity index (χ4v) is 5.11. The number of thioether (sulfide) groups is 1. The van der Waals surface area contributed by atoms with Crippen LogP contribution in [-0.2, 0) is 16.3 Å². The monoisotopic (exact) mass is 477 g/mol. The Kier molecular flexibility index (Phi) is 8.01. The maximum atomic E-state index is 14.0. The highest BCUT2D eigenvalue weighted by atomic mass is 79.9. The number of alkyl halides is 1. The van der Waals surface area contributed by atoms with E-state index in [1.807, 2.05) is 0 Å². The lowest BCUT2D eigenvalue weighted by molar-refractivity contribution is 0.451. The van der Waals surface area contributed by atoms with Gasteiger partial charge in [0.25, 0.3) is 0 Å². The van der Waals surface area contributed by atoms with Crippen molar-refractivity contribution in [3.63, 3.8) is 0 Å². The van der Waals surface area contributed by atoms with Gasteiger partial charge in [-0.3, -0.25) is 0 Å². The van der Waals surface area contributed by atoms with Crippen molar-refractivity contribution in [2.75, 3.05) is 12.3 Å². The van der Waals surface area contributed by atoms with Crippen LogP contribution in [0.3, 0.4) is 0 Å². The van der Waals surface area contributed by atoms with Crippen LogP contribution in [-0.4, -0.2) is 26.2 Å². The van der Waals surface area contributed by atoms with Gasteiger partial charge in [0.2, 0.25) is 9.84 Å². The number of rotatable bonds is 9. The molecule has 26 heavy (non-hydrogen) atoms. The summed E-state index contributed by atoms with van der Waals surface area (Å²) >= 11 is 10.6. The second-order valence-corrected chi connectivity index (χ2v) is 9.86. The van der Waals surface area contributed by atoms with Gasteiger partial charge in [0.05, 0.1) is 14.8 Å². The molecule has 0 fully saturated rings. The molecular weight excluding hydrogens is 461 g/mol. The molecule has 3 nitrogen and oxygen atoms in total. The van der Waals surface area contributed by atoms with Crippen molar-refractivity contribution in [2.24, 2.45) is 0 Å². The average molecular weight is 479 g/mol. The van der Waals surface area contributed by atoms with Gasteiger partial charge in [-0.15, -0.1) is 11.8 Å². The van der Waals surface area contributed by atoms with Crippen molar-refractivity contribution in [2.45, 2.75) is 21.7 Å². The minimum atomic E-state index is -3.72. The predicted octanol–water partition coefficient (Wildman–Crippen LogP) is 5.24. The summed E-state index contributed by atoms with van der Waals surface area (Å²) in [5.74, 6) is 0.608. The first-order valence-electron chi connectivity index (χ1n) is 7.73. The maximum Gasteiger partial charge on any atom is 0.208 e. The third-order valence-electron chi connectivity index (χ3n) is 3.50. The maximum absolute atomic E-state index is 14.0. The van der Waals surface area contributed by atoms with Crippen molar-refractivity contribution in [1.82, 2.24) is 5.32 Å². The van der Waals surface area contributed by atoms with Crippen LogP contribution in [0.15, 0.2) is 69.5 Å². The normalized spacial score (nSPS) is 12.6. The molecule has 0 saturated carbocycles. The molecule has 8 heteroatoms. The Balaban J connectivity index is 2.11. The smallest absolute Gasteiger partial charge is 0.208 e. The van der Waals surface area contributed by atoms with E-state index in [0.717, 1.165) is 4.47 Å². The van der Waals surface area contributed by atoms with E-state index in [9.17, 15) is 12.8 Å². The molecule has 0 saturated heterocycles. The fourth-order valence-electron chi connectivity index (χ4n) is 2.22. The molecule has 0 aliphatic heterocycles. The summed E-state index contributed by atoms with van der Waals surface area (Å²) in [5, 5.41) is 3.00. The van der Waals surface area contributed by atoms with Crippen LogP contribution >= 0.6 is 39.3 Å². The van der Waals surface area contributed by atoms with Gasteiger partial charge in [0.1, 0.15) is 5.50 Å². The number of benzene rings is 2. The SMILES string of the molecule is C=CNCCSC(F)Cc1ccc(S(=O)(=O)c2ccc(Br)cc2)c(Cl)c1. The quantitative estimate of drug-likeness (QED) is 0.501. The molecule has 2 aromatic rings. The Bertz CT molecular complexity index is 860. The van der Waals surface area contributed by atoms with Gasteiger partial charge in [-0.05, 0) is 48.2 Å². The molecule has 1 atom stereocenters. The molecule has 0 aliphatic rings. The number of nitrogens with one attached hydrogen (secondary N) is 1. The van der Waals surface area contributed by atoms with Crippen LogP contribution in [0.25, 0.3) is 0 Å². The lowest BCUT2D eigenvalue weighted by Gasteiger charge is -2.11. The van der Waals surface area contributed by atoms with Crippen LogP contribution in [0, 0.1) is 0 Å². The van der Waals surface area contributed by atoms with Crippen LogP contribution in [0.4, 0.5) is 4.39 Å². The topological polar surface area (TPSA) is 46.2 Å². The zero-order valence-corrected chi connectivity index (χ0v) is 17.8. The van der Waals surface area contributed by atoms with Crippen molar-refractivity contribution >= 4 is 49.1 Å². The summed E-state index contributed by atoms with van der Waals surface area (Å²) in [6.07, 6.45) is 1.73. The van der Waals surface area contributed by atoms with Crippen molar-refractivity contribution in [1.29, 1.82) is 0 Å². The Morgan fingerprint density at radius 1 is 1.27 bits per heavy atom. The number of hydrogen-bond donors (Lipinski definition) is 1. The van der Waals surface area contributed by atoms with Crippen molar-refractivity contribution < 1.29 is 12.8 Å². The summed E-state index contributed by atoms with van der Waals surface area (Å²) in [6.45, 7) is 4.17. The zero-order chi connectivity index (χ0) is 19.2. The van der Waals surface area contributed by atoms with E-state index in [1.165, 1.54) is 36.0 Å². The average Bonchev–Trinajstić information content (AvgIpc) is 2.59. The lowest BCUT2D eigenvalue weighted by atomic mass is 10.2. The van der Waals surface area contributed by atoms with Crippen LogP contribution in [0.2, 0.25) is 5.02 Å². The summed E-state index contributed by atoms with van der Waals surface area (Å²) in [5.41, 5.74) is -0.437. The molecule has 0 aliphatic carbocycles. The standard InChI is InChI=1S/C18H18BrClFNO2S2/c1-2-22-9-10-25-18(21)12-13-3-8-17(16(20)11-13)26(23,24)15-6-4-14(19)5-7-15/h2-8,11,18,22H,1,9-10,12H2. The highest BCUT2D eigenvalue weighted by Gasteiger charge is 2.21. The largest absolute Gasteiger partial charge is 0.391 e. The second-order valence-electron chi connectivity index (χ2n) is 5.37. The lowest BCUT2D eigenvalue weighted by Crippen LogP contribution is -2.11. The highest BCUT2D eigenvalue weighted by Crippen LogP contribution is 2.30. The third-order valence-corrected chi connectivity index (χ3v) is 7.24. The third kappa shape index (κ3) is 5.74. The molecule has 0 heterocycles. The minimum Gasteiger partial charge on any atom is -0.391 e. The zero-order valence-electron chi connectivity index (χ0n) is 13.8. The highest BCUT2D eigenvalue weighted by molar-refractivity contribution is 9.10. The Morgan fingerprint density at radius 2 is 1.96 bits per heavy atom. The first-order chi connectivity index (χ1) is 12.3. The van der Waals surface area contributed by atoms with E-state index >= 15 is 0 Å². The van der Waals surface area contributed by atoms with Crippen molar-refractivity contribution in [3.8, 4) is 0 Å². The van der Waals surface area contributed by atoms with Gasteiger partial charge in [-0.1, -0.05) is 40.2 Å². The van der Waals surface area contributed by atoms with E-state index in [0.29, 0.717) is 17.9 Å². The van der Waals surface area contributed by atoms with Crippen LogP contribution in [0.5, 0.6) is 0 Å². The summed E-state index contributed by atoms with van der Waals surface area (Å²) in [6, 6.07) is 10.9. The van der Waals surface area contributed by atoms with Crippen LogP contribution in [0.1, 0.15) is 5.56 Å². The molecule has 1 N–H and O–H groups in total. The van der Waals surface area contributed by atoms with Gasteiger partial charge in [-0.25, -0.2) is 12.8 Å². The van der Waals surface area contributed by atoms with E-state index in [-0.39, 0.29) is 21.2 Å². The van der Waals surface area contributed by atoms with E-state index in [4.69, 9.17) is 11.6 Å². The molecule has 0 aromatic heterocycles. The summed E-state index contributed by atoms with van der Waals surface area (Å²) in [4.78, 5) is 0.174. The van der Waals surface area contributed by atoms with Gasteiger partial charge in [0, 0.05) is 23.2 Å².